The molecule has 0 radical (unpaired) electrons. The summed E-state index contributed by atoms with van der Waals surface area (Å²) in [6.45, 7) is 8.25. The van der Waals surface area contributed by atoms with Crippen LogP contribution in [0.1, 0.15) is 27.2 Å². The molecule has 0 aliphatic carbocycles. The van der Waals surface area contributed by atoms with Crippen LogP contribution in [0.5, 0.6) is 0 Å². The van der Waals surface area contributed by atoms with E-state index in [1.165, 1.54) is 0 Å². The van der Waals surface area contributed by atoms with Crippen molar-refractivity contribution in [3.8, 4) is 0 Å². The Kier molecular flexibility index (Phi) is 5.71. The summed E-state index contributed by atoms with van der Waals surface area (Å²) in [6, 6.07) is 2.10. The van der Waals surface area contributed by atoms with Crippen molar-refractivity contribution >= 4 is 6.01 Å². The zero-order valence-corrected chi connectivity index (χ0v) is 7.59. The lowest BCUT2D eigenvalue weighted by Crippen LogP contribution is -2.32. The summed E-state index contributed by atoms with van der Waals surface area (Å²) < 4.78 is 0. The first-order valence-corrected chi connectivity index (χ1v) is 4.15. The molecule has 1 atom stereocenters. The van der Waals surface area contributed by atoms with E-state index >= 15 is 0 Å². The summed E-state index contributed by atoms with van der Waals surface area (Å²) >= 11 is 0. The van der Waals surface area contributed by atoms with Gasteiger partial charge in [0.25, 0.3) is 0 Å². The monoisotopic (exact) mass is 155 g/mol. The fraction of sp³-hybridized carbons (Fsp3) is 0.875. The van der Waals surface area contributed by atoms with Crippen molar-refractivity contribution in [2.24, 2.45) is 4.99 Å². The number of rotatable bonds is 5. The van der Waals surface area contributed by atoms with Gasteiger partial charge in [0, 0.05) is 0 Å². The molecule has 1 N–H and O–H groups in total. The fourth-order valence-electron chi connectivity index (χ4n) is 1.15. The molecule has 0 amide bonds. The lowest BCUT2D eigenvalue weighted by Gasteiger charge is -2.23. The van der Waals surface area contributed by atoms with Gasteiger partial charge in [-0.25, -0.2) is 10.4 Å². The molecular formula is C8H17N3. The van der Waals surface area contributed by atoms with Crippen LogP contribution in [0.3, 0.4) is 0 Å². The number of hydrogen-bond donors (Lipinski definition) is 1. The third kappa shape index (κ3) is 3.30. The summed E-state index contributed by atoms with van der Waals surface area (Å²) in [5.74, 6) is 0. The molecule has 0 aromatic carbocycles. The van der Waals surface area contributed by atoms with E-state index in [9.17, 15) is 0 Å². The molecule has 1 unspecified atom stereocenters. The second-order valence-corrected chi connectivity index (χ2v) is 2.35. The first-order chi connectivity index (χ1) is 5.29. The highest BCUT2D eigenvalue weighted by molar-refractivity contribution is 5.36. The quantitative estimate of drug-likeness (QED) is 0.604. The Morgan fingerprint density at radius 3 is 2.18 bits per heavy atom. The maximum Gasteiger partial charge on any atom is 0.113 e. The molecule has 64 valence electrons. The minimum Gasteiger partial charge on any atom is -0.282 e. The lowest BCUT2D eigenvalue weighted by molar-refractivity contribution is 0.218. The number of aliphatic imine (C=N–C) groups is 1. The van der Waals surface area contributed by atoms with Crippen molar-refractivity contribution in [1.29, 1.82) is 5.41 Å². The maximum atomic E-state index is 6.74. The van der Waals surface area contributed by atoms with Gasteiger partial charge in [-0.1, -0.05) is 20.8 Å². The highest BCUT2D eigenvalue weighted by Gasteiger charge is 2.10. The Labute approximate surface area is 68.6 Å². The largest absolute Gasteiger partial charge is 0.282 e. The average Bonchev–Trinajstić information content (AvgIpc) is 2.05. The van der Waals surface area contributed by atoms with Crippen molar-refractivity contribution in [3.05, 3.63) is 0 Å². The third-order valence-corrected chi connectivity index (χ3v) is 1.81. The zero-order chi connectivity index (χ0) is 8.69. The van der Waals surface area contributed by atoms with Crippen LogP contribution in [0.15, 0.2) is 4.99 Å². The van der Waals surface area contributed by atoms with Gasteiger partial charge in [-0.2, -0.15) is 0 Å². The summed E-state index contributed by atoms with van der Waals surface area (Å²) in [5, 5.41) is 6.74. The lowest BCUT2D eigenvalue weighted by atomic mass is 10.3. The van der Waals surface area contributed by atoms with Gasteiger partial charge in [0.15, 0.2) is 0 Å². The Morgan fingerprint density at radius 2 is 1.91 bits per heavy atom. The van der Waals surface area contributed by atoms with E-state index in [4.69, 9.17) is 5.41 Å². The predicted octanol–water partition coefficient (Wildman–Crippen LogP) is 1.82. The molecule has 0 heterocycles. The first kappa shape index (κ1) is 10.3. The van der Waals surface area contributed by atoms with E-state index in [1.54, 1.807) is 0 Å². The molecule has 3 nitrogen and oxygen atoms in total. The van der Waals surface area contributed by atoms with Gasteiger partial charge in [0.2, 0.25) is 0 Å². The maximum absolute atomic E-state index is 6.74. The van der Waals surface area contributed by atoms with E-state index in [0.717, 1.165) is 19.5 Å². The minimum absolute atomic E-state index is 0.155. The number of hydrogen-bond acceptors (Lipinski definition) is 3. The van der Waals surface area contributed by atoms with E-state index in [1.807, 2.05) is 0 Å². The summed E-state index contributed by atoms with van der Waals surface area (Å²) in [5.41, 5.74) is 0. The van der Waals surface area contributed by atoms with Crippen LogP contribution in [-0.4, -0.2) is 30.2 Å². The molecule has 0 saturated heterocycles. The Hall–Kier alpha value is -0.660. The van der Waals surface area contributed by atoms with Gasteiger partial charge < -0.3 is 0 Å². The Bertz CT molecular complexity index is 134. The molecular weight excluding hydrogens is 138 g/mol. The highest BCUT2D eigenvalue weighted by atomic mass is 15.2. The van der Waals surface area contributed by atoms with Gasteiger partial charge in [-0.05, 0) is 19.5 Å². The van der Waals surface area contributed by atoms with Crippen LogP contribution in [-0.2, 0) is 0 Å². The zero-order valence-electron chi connectivity index (χ0n) is 7.59. The van der Waals surface area contributed by atoms with Gasteiger partial charge in [-0.15, -0.1) is 0 Å². The Morgan fingerprint density at radius 1 is 1.36 bits per heavy atom. The van der Waals surface area contributed by atoms with E-state index < -0.39 is 0 Å². The number of nitrogens with zero attached hydrogens (tertiary/aromatic N) is 2. The predicted molar refractivity (Wildman–Crippen MR) is 47.2 cm³/mol. The van der Waals surface area contributed by atoms with Crippen molar-refractivity contribution in [3.63, 3.8) is 0 Å². The Balaban J connectivity index is 4.08. The molecule has 0 bridgehead atoms. The molecule has 0 aliphatic heterocycles. The minimum atomic E-state index is 0.155. The highest BCUT2D eigenvalue weighted by Crippen LogP contribution is 2.03. The molecule has 0 fully saturated rings. The van der Waals surface area contributed by atoms with Crippen LogP contribution >= 0.6 is 0 Å². The van der Waals surface area contributed by atoms with Crippen LogP contribution in [0, 0.1) is 5.41 Å². The van der Waals surface area contributed by atoms with Crippen LogP contribution < -0.4 is 0 Å². The molecule has 0 aromatic rings. The van der Waals surface area contributed by atoms with Crippen molar-refractivity contribution in [1.82, 2.24) is 4.90 Å². The van der Waals surface area contributed by atoms with E-state index in [0.29, 0.717) is 0 Å². The summed E-state index contributed by atoms with van der Waals surface area (Å²) in [7, 11) is 0. The van der Waals surface area contributed by atoms with Crippen LogP contribution in [0.25, 0.3) is 0 Å². The van der Waals surface area contributed by atoms with Gasteiger partial charge in [0.1, 0.15) is 6.17 Å². The fourth-order valence-corrected chi connectivity index (χ4v) is 1.15. The van der Waals surface area contributed by atoms with Crippen molar-refractivity contribution in [2.45, 2.75) is 33.4 Å². The second-order valence-electron chi connectivity index (χ2n) is 2.35. The van der Waals surface area contributed by atoms with Crippen LogP contribution in [0.2, 0.25) is 0 Å². The SMILES string of the molecule is CCC(N=C=N)N(CC)CC. The molecule has 3 heteroatoms. The molecule has 11 heavy (non-hydrogen) atoms. The molecule has 0 aromatic heterocycles. The van der Waals surface area contributed by atoms with E-state index in [2.05, 4.69) is 36.7 Å². The second kappa shape index (κ2) is 6.08. The standard InChI is InChI=1S/C8H17N3/c1-4-8(10-7-9)11(5-2)6-3/h8-9H,4-6H2,1-3H3. The first-order valence-electron chi connectivity index (χ1n) is 4.15. The summed E-state index contributed by atoms with van der Waals surface area (Å²) in [4.78, 5) is 6.14. The molecule has 0 spiro atoms. The van der Waals surface area contributed by atoms with Crippen molar-refractivity contribution < 1.29 is 0 Å². The average molecular weight is 155 g/mol. The van der Waals surface area contributed by atoms with Crippen molar-refractivity contribution in [2.75, 3.05) is 13.1 Å². The number of nitrogens with one attached hydrogen (secondary N) is 1. The summed E-state index contributed by atoms with van der Waals surface area (Å²) in [6.07, 6.45) is 1.11. The topological polar surface area (TPSA) is 39.5 Å². The smallest absolute Gasteiger partial charge is 0.113 e. The molecule has 0 aliphatic rings. The third-order valence-electron chi connectivity index (χ3n) is 1.81. The normalized spacial score (nSPS) is 12.7. The van der Waals surface area contributed by atoms with Gasteiger partial charge >= 0.3 is 0 Å². The van der Waals surface area contributed by atoms with Crippen LogP contribution in [0.4, 0.5) is 0 Å². The van der Waals surface area contributed by atoms with Gasteiger partial charge in [0.05, 0.1) is 6.01 Å². The molecule has 0 saturated carbocycles. The molecule has 0 rings (SSSR count). The van der Waals surface area contributed by atoms with Gasteiger partial charge in [-0.3, -0.25) is 4.90 Å². The van der Waals surface area contributed by atoms with E-state index in [-0.39, 0.29) is 6.17 Å².